The fraction of sp³-hybridized carbons (Fsp3) is 0.118. The number of carbonyl (C=O) groups is 1. The fourth-order valence-electron chi connectivity index (χ4n) is 2.28. The highest BCUT2D eigenvalue weighted by molar-refractivity contribution is 9.10. The summed E-state index contributed by atoms with van der Waals surface area (Å²) in [5, 5.41) is 6.82. The third-order valence-electron chi connectivity index (χ3n) is 3.33. The number of fused-ring (bicyclic) bond motifs is 1. The summed E-state index contributed by atoms with van der Waals surface area (Å²) < 4.78 is 6.15. The van der Waals surface area contributed by atoms with E-state index in [-0.39, 0.29) is 5.91 Å². The predicted molar refractivity (Wildman–Crippen MR) is 97.8 cm³/mol. The molecule has 0 atom stereocenters. The molecule has 3 rings (SSSR count). The number of hydrogen-bond donors (Lipinski definition) is 2. The highest BCUT2D eigenvalue weighted by atomic mass is 79.9. The molecule has 7 heteroatoms. The maximum Gasteiger partial charge on any atom is 0.227 e. The molecule has 2 aromatic carbocycles. The Bertz CT molecular complexity index is 914. The zero-order chi connectivity index (χ0) is 17.1. The van der Waals surface area contributed by atoms with Crippen LogP contribution in [0.25, 0.3) is 10.9 Å². The standard InChI is InChI=1S/C17H15BrN4O2/c1-10(23)20-14-8-12(6-7-15(14)24-2)21-17-19-9-11-4-3-5-13(18)16(11)22-17/h3-9H,1-2H3,(H,20,23)(H,19,21,22). The molecule has 0 aliphatic rings. The Balaban J connectivity index is 1.93. The molecule has 1 heterocycles. The molecule has 0 spiro atoms. The van der Waals surface area contributed by atoms with E-state index in [9.17, 15) is 4.79 Å². The van der Waals surface area contributed by atoms with E-state index in [0.29, 0.717) is 17.4 Å². The van der Waals surface area contributed by atoms with Crippen molar-refractivity contribution in [2.45, 2.75) is 6.92 Å². The van der Waals surface area contributed by atoms with Crippen LogP contribution in [0.1, 0.15) is 6.92 Å². The van der Waals surface area contributed by atoms with Crippen molar-refractivity contribution < 1.29 is 9.53 Å². The first-order chi connectivity index (χ1) is 11.6. The molecule has 0 saturated heterocycles. The van der Waals surface area contributed by atoms with Crippen LogP contribution in [0, 0.1) is 0 Å². The topological polar surface area (TPSA) is 76.1 Å². The molecule has 0 aliphatic heterocycles. The first kappa shape index (κ1) is 16.2. The van der Waals surface area contributed by atoms with E-state index >= 15 is 0 Å². The molecule has 0 bridgehead atoms. The van der Waals surface area contributed by atoms with Gasteiger partial charge in [0.25, 0.3) is 0 Å². The zero-order valence-corrected chi connectivity index (χ0v) is 14.7. The molecule has 0 aliphatic carbocycles. The largest absolute Gasteiger partial charge is 0.495 e. The molecular formula is C17H15BrN4O2. The van der Waals surface area contributed by atoms with Gasteiger partial charge in [0.05, 0.1) is 18.3 Å². The lowest BCUT2D eigenvalue weighted by Gasteiger charge is -2.12. The van der Waals surface area contributed by atoms with Gasteiger partial charge in [0.1, 0.15) is 5.75 Å². The average Bonchev–Trinajstić information content (AvgIpc) is 2.55. The van der Waals surface area contributed by atoms with E-state index < -0.39 is 0 Å². The maximum atomic E-state index is 11.3. The normalized spacial score (nSPS) is 10.5. The lowest BCUT2D eigenvalue weighted by Crippen LogP contribution is -2.07. The Morgan fingerprint density at radius 1 is 1.25 bits per heavy atom. The number of hydrogen-bond acceptors (Lipinski definition) is 5. The van der Waals surface area contributed by atoms with Gasteiger partial charge in [-0.25, -0.2) is 9.97 Å². The summed E-state index contributed by atoms with van der Waals surface area (Å²) in [6.07, 6.45) is 1.76. The summed E-state index contributed by atoms with van der Waals surface area (Å²) in [6, 6.07) is 11.2. The molecule has 1 aromatic heterocycles. The molecule has 0 saturated carbocycles. The Labute approximate surface area is 147 Å². The third-order valence-corrected chi connectivity index (χ3v) is 3.97. The molecule has 0 radical (unpaired) electrons. The number of aromatic nitrogens is 2. The van der Waals surface area contributed by atoms with Crippen molar-refractivity contribution in [2.24, 2.45) is 0 Å². The first-order valence-electron chi connectivity index (χ1n) is 7.21. The Hall–Kier alpha value is -2.67. The quantitative estimate of drug-likeness (QED) is 0.705. The van der Waals surface area contributed by atoms with Crippen LogP contribution in [0.2, 0.25) is 0 Å². The van der Waals surface area contributed by atoms with Crippen LogP contribution in [0.5, 0.6) is 5.75 Å². The average molecular weight is 387 g/mol. The first-order valence-corrected chi connectivity index (χ1v) is 8.00. The number of carbonyl (C=O) groups excluding carboxylic acids is 1. The molecule has 0 fully saturated rings. The van der Waals surface area contributed by atoms with Gasteiger partial charge in [-0.15, -0.1) is 0 Å². The molecule has 6 nitrogen and oxygen atoms in total. The number of anilines is 3. The predicted octanol–water partition coefficient (Wildman–Crippen LogP) is 4.10. The van der Waals surface area contributed by atoms with E-state index in [0.717, 1.165) is 21.1 Å². The SMILES string of the molecule is COc1ccc(Nc2ncc3cccc(Br)c3n2)cc1NC(C)=O. The van der Waals surface area contributed by atoms with Crippen molar-refractivity contribution >= 4 is 50.1 Å². The van der Waals surface area contributed by atoms with Crippen LogP contribution in [-0.2, 0) is 4.79 Å². The Morgan fingerprint density at radius 3 is 2.83 bits per heavy atom. The number of benzene rings is 2. The van der Waals surface area contributed by atoms with Crippen LogP contribution in [0.15, 0.2) is 47.1 Å². The van der Waals surface area contributed by atoms with Gasteiger partial charge in [-0.1, -0.05) is 12.1 Å². The summed E-state index contributed by atoms with van der Waals surface area (Å²) in [7, 11) is 1.55. The van der Waals surface area contributed by atoms with Gasteiger partial charge in [0.2, 0.25) is 11.9 Å². The van der Waals surface area contributed by atoms with E-state index in [1.54, 1.807) is 25.4 Å². The van der Waals surface area contributed by atoms with Crippen LogP contribution in [-0.4, -0.2) is 23.0 Å². The van der Waals surface area contributed by atoms with Gasteiger partial charge >= 0.3 is 0 Å². The summed E-state index contributed by atoms with van der Waals surface area (Å²) in [5.74, 6) is 0.877. The van der Waals surface area contributed by atoms with Crippen molar-refractivity contribution in [3.05, 3.63) is 47.1 Å². The lowest BCUT2D eigenvalue weighted by atomic mass is 10.2. The van der Waals surface area contributed by atoms with Crippen molar-refractivity contribution in [1.29, 1.82) is 0 Å². The van der Waals surface area contributed by atoms with E-state index in [1.807, 2.05) is 24.3 Å². The molecule has 3 aromatic rings. The van der Waals surface area contributed by atoms with Crippen molar-refractivity contribution in [2.75, 3.05) is 17.7 Å². The van der Waals surface area contributed by atoms with E-state index in [1.165, 1.54) is 6.92 Å². The minimum Gasteiger partial charge on any atom is -0.495 e. The summed E-state index contributed by atoms with van der Waals surface area (Å²) in [5.41, 5.74) is 2.15. The summed E-state index contributed by atoms with van der Waals surface area (Å²) >= 11 is 3.49. The second kappa shape index (κ2) is 6.84. The fourth-order valence-corrected chi connectivity index (χ4v) is 2.75. The number of amides is 1. The molecule has 122 valence electrons. The van der Waals surface area contributed by atoms with Gasteiger partial charge in [0, 0.05) is 28.7 Å². The highest BCUT2D eigenvalue weighted by Crippen LogP contribution is 2.29. The smallest absolute Gasteiger partial charge is 0.227 e. The number of rotatable bonds is 4. The van der Waals surface area contributed by atoms with Crippen molar-refractivity contribution in [3.8, 4) is 5.75 Å². The van der Waals surface area contributed by atoms with E-state index in [4.69, 9.17) is 4.74 Å². The van der Waals surface area contributed by atoms with Gasteiger partial charge in [-0.3, -0.25) is 4.79 Å². The second-order valence-corrected chi connectivity index (χ2v) is 5.95. The molecule has 2 N–H and O–H groups in total. The Kier molecular flexibility index (Phi) is 4.61. The minimum absolute atomic E-state index is 0.170. The van der Waals surface area contributed by atoms with Crippen molar-refractivity contribution in [3.63, 3.8) is 0 Å². The Morgan fingerprint density at radius 2 is 2.08 bits per heavy atom. The molecular weight excluding hydrogens is 372 g/mol. The molecule has 0 unspecified atom stereocenters. The highest BCUT2D eigenvalue weighted by Gasteiger charge is 2.08. The van der Waals surface area contributed by atoms with Gasteiger partial charge in [-0.2, -0.15) is 0 Å². The number of ether oxygens (including phenoxy) is 1. The number of para-hydroxylation sites is 1. The van der Waals surface area contributed by atoms with Crippen LogP contribution in [0.4, 0.5) is 17.3 Å². The van der Waals surface area contributed by atoms with Gasteiger partial charge in [-0.05, 0) is 40.2 Å². The van der Waals surface area contributed by atoms with E-state index in [2.05, 4.69) is 36.5 Å². The zero-order valence-electron chi connectivity index (χ0n) is 13.1. The number of halogens is 1. The number of nitrogens with one attached hydrogen (secondary N) is 2. The lowest BCUT2D eigenvalue weighted by molar-refractivity contribution is -0.114. The summed E-state index contributed by atoms with van der Waals surface area (Å²) in [4.78, 5) is 20.1. The molecule has 1 amide bonds. The van der Waals surface area contributed by atoms with Crippen LogP contribution < -0.4 is 15.4 Å². The monoisotopic (exact) mass is 386 g/mol. The van der Waals surface area contributed by atoms with Crippen LogP contribution >= 0.6 is 15.9 Å². The third kappa shape index (κ3) is 3.46. The van der Waals surface area contributed by atoms with Gasteiger partial charge < -0.3 is 15.4 Å². The van der Waals surface area contributed by atoms with Crippen LogP contribution in [0.3, 0.4) is 0 Å². The van der Waals surface area contributed by atoms with Gasteiger partial charge in [0.15, 0.2) is 0 Å². The molecule has 24 heavy (non-hydrogen) atoms. The number of methoxy groups -OCH3 is 1. The summed E-state index contributed by atoms with van der Waals surface area (Å²) in [6.45, 7) is 1.45. The minimum atomic E-state index is -0.170. The maximum absolute atomic E-state index is 11.3. The van der Waals surface area contributed by atoms with Crippen molar-refractivity contribution in [1.82, 2.24) is 9.97 Å². The number of nitrogens with zero attached hydrogens (tertiary/aromatic N) is 2. The second-order valence-electron chi connectivity index (χ2n) is 5.09.